The molecule has 0 aliphatic carbocycles. The number of nitrogens with zero attached hydrogens (tertiary/aromatic N) is 2. The molecular formula is C20H14Cl2N4O. The summed E-state index contributed by atoms with van der Waals surface area (Å²) in [5, 5.41) is 17.9. The van der Waals surface area contributed by atoms with Crippen molar-refractivity contribution < 1.29 is 4.74 Å². The van der Waals surface area contributed by atoms with Gasteiger partial charge in [-0.05, 0) is 19.1 Å². The summed E-state index contributed by atoms with van der Waals surface area (Å²) in [7, 11) is 0. The third-order valence-electron chi connectivity index (χ3n) is 4.57. The molecule has 0 amide bonds. The SMILES string of the molecule is Cc1ccc(-c2[nH]nc3c2[C@H](c2c(Cl)cccc2Cl)C(C#N)=C(N)O3)cc1. The summed E-state index contributed by atoms with van der Waals surface area (Å²) in [5.41, 5.74) is 10.3. The van der Waals surface area contributed by atoms with Gasteiger partial charge in [-0.2, -0.15) is 5.26 Å². The van der Waals surface area contributed by atoms with Crippen LogP contribution < -0.4 is 10.5 Å². The highest BCUT2D eigenvalue weighted by Gasteiger charge is 2.37. The molecular weight excluding hydrogens is 383 g/mol. The summed E-state index contributed by atoms with van der Waals surface area (Å²) in [6.07, 6.45) is 0. The predicted molar refractivity (Wildman–Crippen MR) is 105 cm³/mol. The average Bonchev–Trinajstić information content (AvgIpc) is 3.05. The van der Waals surface area contributed by atoms with Gasteiger partial charge >= 0.3 is 0 Å². The molecule has 27 heavy (non-hydrogen) atoms. The van der Waals surface area contributed by atoms with E-state index in [0.717, 1.165) is 16.8 Å². The van der Waals surface area contributed by atoms with Crippen molar-refractivity contribution in [2.75, 3.05) is 0 Å². The topological polar surface area (TPSA) is 87.7 Å². The summed E-state index contributed by atoms with van der Waals surface area (Å²) in [4.78, 5) is 0. The van der Waals surface area contributed by atoms with Gasteiger partial charge in [-0.25, -0.2) is 0 Å². The zero-order valence-corrected chi connectivity index (χ0v) is 15.8. The molecule has 1 atom stereocenters. The zero-order chi connectivity index (χ0) is 19.1. The molecule has 0 fully saturated rings. The summed E-state index contributed by atoms with van der Waals surface area (Å²) < 4.78 is 5.60. The summed E-state index contributed by atoms with van der Waals surface area (Å²) in [5.74, 6) is -0.286. The van der Waals surface area contributed by atoms with E-state index in [9.17, 15) is 5.26 Å². The first-order valence-corrected chi connectivity index (χ1v) is 8.93. The van der Waals surface area contributed by atoms with Crippen LogP contribution in [0.2, 0.25) is 10.0 Å². The first kappa shape index (κ1) is 17.5. The molecule has 1 aromatic heterocycles. The van der Waals surface area contributed by atoms with Gasteiger partial charge < -0.3 is 10.5 Å². The number of halogens is 2. The van der Waals surface area contributed by atoms with Crippen LogP contribution in [-0.4, -0.2) is 10.2 Å². The van der Waals surface area contributed by atoms with Crippen LogP contribution in [0.4, 0.5) is 0 Å². The summed E-state index contributed by atoms with van der Waals surface area (Å²) >= 11 is 12.9. The molecule has 4 rings (SSSR count). The number of nitrogens with one attached hydrogen (secondary N) is 1. The Hall–Kier alpha value is -2.94. The van der Waals surface area contributed by atoms with Gasteiger partial charge in [0.2, 0.25) is 11.8 Å². The first-order chi connectivity index (χ1) is 13.0. The molecule has 3 N–H and O–H groups in total. The van der Waals surface area contributed by atoms with E-state index >= 15 is 0 Å². The molecule has 1 aliphatic rings. The van der Waals surface area contributed by atoms with Crippen LogP contribution in [0, 0.1) is 18.3 Å². The van der Waals surface area contributed by atoms with Crippen LogP contribution in [0.5, 0.6) is 5.88 Å². The molecule has 7 heteroatoms. The van der Waals surface area contributed by atoms with Gasteiger partial charge in [0, 0.05) is 21.2 Å². The molecule has 0 bridgehead atoms. The van der Waals surface area contributed by atoms with Gasteiger partial charge in [-0.1, -0.05) is 59.1 Å². The fourth-order valence-electron chi connectivity index (χ4n) is 3.26. The van der Waals surface area contributed by atoms with Gasteiger partial charge in [-0.15, -0.1) is 5.10 Å². The highest BCUT2D eigenvalue weighted by atomic mass is 35.5. The van der Waals surface area contributed by atoms with Crippen molar-refractivity contribution in [2.24, 2.45) is 5.73 Å². The van der Waals surface area contributed by atoms with E-state index in [-0.39, 0.29) is 11.5 Å². The van der Waals surface area contributed by atoms with E-state index in [0.29, 0.717) is 27.1 Å². The van der Waals surface area contributed by atoms with Crippen molar-refractivity contribution in [1.29, 1.82) is 5.26 Å². The Kier molecular flexibility index (Phi) is 4.31. The highest BCUT2D eigenvalue weighted by Crippen LogP contribution is 2.49. The number of allylic oxidation sites excluding steroid dienone is 1. The zero-order valence-electron chi connectivity index (χ0n) is 14.3. The maximum atomic E-state index is 9.75. The third-order valence-corrected chi connectivity index (χ3v) is 5.23. The Labute approximate surface area is 166 Å². The molecule has 0 saturated carbocycles. The van der Waals surface area contributed by atoms with Gasteiger partial charge in [0.25, 0.3) is 0 Å². The van der Waals surface area contributed by atoms with Crippen LogP contribution in [-0.2, 0) is 0 Å². The Morgan fingerprint density at radius 1 is 1.11 bits per heavy atom. The second-order valence-electron chi connectivity index (χ2n) is 6.24. The van der Waals surface area contributed by atoms with E-state index in [1.54, 1.807) is 18.2 Å². The van der Waals surface area contributed by atoms with Crippen molar-refractivity contribution in [3.05, 3.63) is 80.7 Å². The lowest BCUT2D eigenvalue weighted by atomic mass is 9.83. The maximum absolute atomic E-state index is 9.75. The van der Waals surface area contributed by atoms with Crippen LogP contribution in [0.1, 0.15) is 22.6 Å². The minimum Gasteiger partial charge on any atom is -0.420 e. The normalized spacial score (nSPS) is 15.9. The van der Waals surface area contributed by atoms with Crippen molar-refractivity contribution in [2.45, 2.75) is 12.8 Å². The summed E-state index contributed by atoms with van der Waals surface area (Å²) in [6, 6.07) is 15.3. The monoisotopic (exact) mass is 396 g/mol. The van der Waals surface area contributed by atoms with Crippen LogP contribution >= 0.6 is 23.2 Å². The number of rotatable bonds is 2. The average molecular weight is 397 g/mol. The maximum Gasteiger partial charge on any atom is 0.244 e. The van der Waals surface area contributed by atoms with Crippen LogP contribution in [0.15, 0.2) is 53.9 Å². The van der Waals surface area contributed by atoms with Crippen LogP contribution in [0.25, 0.3) is 11.3 Å². The Bertz CT molecular complexity index is 1090. The Morgan fingerprint density at radius 3 is 2.41 bits per heavy atom. The number of benzene rings is 2. The smallest absolute Gasteiger partial charge is 0.244 e. The lowest BCUT2D eigenvalue weighted by molar-refractivity contribution is 0.379. The van der Waals surface area contributed by atoms with Crippen molar-refractivity contribution in [3.63, 3.8) is 0 Å². The second-order valence-corrected chi connectivity index (χ2v) is 7.06. The quantitative estimate of drug-likeness (QED) is 0.643. The molecule has 2 aromatic carbocycles. The molecule has 2 heterocycles. The predicted octanol–water partition coefficient (Wildman–Crippen LogP) is 4.91. The third kappa shape index (κ3) is 2.84. The lowest BCUT2D eigenvalue weighted by Crippen LogP contribution is -2.21. The highest BCUT2D eigenvalue weighted by molar-refractivity contribution is 6.36. The molecule has 0 radical (unpaired) electrons. The number of aromatic nitrogens is 2. The van der Waals surface area contributed by atoms with Crippen LogP contribution in [0.3, 0.4) is 0 Å². The van der Waals surface area contributed by atoms with Gasteiger partial charge in [0.05, 0.1) is 17.2 Å². The second kappa shape index (κ2) is 6.66. The Morgan fingerprint density at radius 2 is 1.78 bits per heavy atom. The number of aryl methyl sites for hydroxylation is 1. The lowest BCUT2D eigenvalue weighted by Gasteiger charge is -2.25. The van der Waals surface area contributed by atoms with Crippen molar-refractivity contribution >= 4 is 23.2 Å². The van der Waals surface area contributed by atoms with Crippen molar-refractivity contribution in [3.8, 4) is 23.2 Å². The number of hydrogen-bond donors (Lipinski definition) is 2. The molecule has 3 aromatic rings. The number of aromatic amines is 1. The molecule has 5 nitrogen and oxygen atoms in total. The van der Waals surface area contributed by atoms with Gasteiger partial charge in [0.1, 0.15) is 11.6 Å². The van der Waals surface area contributed by atoms with E-state index < -0.39 is 5.92 Å². The first-order valence-electron chi connectivity index (χ1n) is 8.18. The standard InChI is InChI=1S/C20H14Cl2N4O/c1-10-5-7-11(8-6-10)18-17-15(16-13(21)3-2-4-14(16)22)12(9-23)19(24)27-20(17)26-25-18/h2-8,15H,24H2,1H3,(H,25,26)/t15-/m0/s1. The Balaban J connectivity index is 2.00. The summed E-state index contributed by atoms with van der Waals surface area (Å²) in [6.45, 7) is 2.01. The largest absolute Gasteiger partial charge is 0.420 e. The number of nitrogens with two attached hydrogens (primary N) is 1. The molecule has 0 saturated heterocycles. The van der Waals surface area contributed by atoms with E-state index in [2.05, 4.69) is 16.3 Å². The van der Waals surface area contributed by atoms with E-state index in [1.165, 1.54) is 0 Å². The minimum atomic E-state index is -0.588. The van der Waals surface area contributed by atoms with Crippen molar-refractivity contribution in [1.82, 2.24) is 10.2 Å². The fraction of sp³-hybridized carbons (Fsp3) is 0.100. The number of hydrogen-bond acceptors (Lipinski definition) is 4. The van der Waals surface area contributed by atoms with E-state index in [1.807, 2.05) is 31.2 Å². The molecule has 0 unspecified atom stereocenters. The number of H-pyrrole nitrogens is 1. The molecule has 0 spiro atoms. The molecule has 134 valence electrons. The van der Waals surface area contributed by atoms with Gasteiger partial charge in [-0.3, -0.25) is 5.10 Å². The van der Waals surface area contributed by atoms with E-state index in [4.69, 9.17) is 33.7 Å². The minimum absolute atomic E-state index is 0.00653. The number of fused-ring (bicyclic) bond motifs is 1. The number of ether oxygens (including phenoxy) is 1. The van der Waals surface area contributed by atoms with Gasteiger partial charge in [0.15, 0.2) is 0 Å². The number of nitriles is 1. The molecule has 1 aliphatic heterocycles. The fourth-order valence-corrected chi connectivity index (χ4v) is 3.88.